The molecule has 7 heteroatoms. The molecule has 6 nitrogen and oxygen atoms in total. The predicted molar refractivity (Wildman–Crippen MR) is 75.4 cm³/mol. The third-order valence-corrected chi connectivity index (χ3v) is 5.66. The van der Waals surface area contributed by atoms with E-state index >= 15 is 0 Å². The van der Waals surface area contributed by atoms with Gasteiger partial charge in [0.2, 0.25) is 0 Å². The first-order valence-electron chi connectivity index (χ1n) is 7.19. The lowest BCUT2D eigenvalue weighted by atomic mass is 9.81. The summed E-state index contributed by atoms with van der Waals surface area (Å²) in [6.45, 7) is 2.33. The van der Waals surface area contributed by atoms with Crippen LogP contribution in [0.25, 0.3) is 0 Å². The van der Waals surface area contributed by atoms with Crippen molar-refractivity contribution >= 4 is 10.0 Å². The van der Waals surface area contributed by atoms with Crippen molar-refractivity contribution in [1.82, 2.24) is 14.9 Å². The third-order valence-electron chi connectivity index (χ3n) is 4.22. The molecule has 0 aliphatic heterocycles. The summed E-state index contributed by atoms with van der Waals surface area (Å²) in [5.41, 5.74) is 0.298. The molecule has 0 unspecified atom stereocenters. The van der Waals surface area contributed by atoms with Crippen molar-refractivity contribution in [2.24, 2.45) is 11.8 Å². The highest BCUT2D eigenvalue weighted by Gasteiger charge is 2.24. The Bertz CT molecular complexity index is 519. The van der Waals surface area contributed by atoms with Crippen molar-refractivity contribution in [3.8, 4) is 0 Å². The Labute approximate surface area is 120 Å². The molecule has 1 heterocycles. The van der Waals surface area contributed by atoms with Gasteiger partial charge in [-0.05, 0) is 24.7 Å². The summed E-state index contributed by atoms with van der Waals surface area (Å²) < 4.78 is 26.9. The van der Waals surface area contributed by atoms with Crippen molar-refractivity contribution < 1.29 is 13.5 Å². The third kappa shape index (κ3) is 3.59. The number of sulfonamides is 1. The van der Waals surface area contributed by atoms with E-state index < -0.39 is 10.0 Å². The minimum atomic E-state index is -3.61. The second-order valence-electron chi connectivity index (χ2n) is 5.53. The Kier molecular flexibility index (Phi) is 5.17. The molecule has 1 saturated carbocycles. The van der Waals surface area contributed by atoms with Crippen molar-refractivity contribution in [1.29, 1.82) is 0 Å². The van der Waals surface area contributed by atoms with E-state index in [2.05, 4.69) is 21.8 Å². The highest BCUT2D eigenvalue weighted by atomic mass is 32.2. The van der Waals surface area contributed by atoms with E-state index in [1.165, 1.54) is 25.5 Å². The van der Waals surface area contributed by atoms with Gasteiger partial charge in [0.1, 0.15) is 0 Å². The molecule has 0 aromatic carbocycles. The van der Waals surface area contributed by atoms with E-state index in [0.29, 0.717) is 18.0 Å². The summed E-state index contributed by atoms with van der Waals surface area (Å²) in [5, 5.41) is 15.2. The van der Waals surface area contributed by atoms with Gasteiger partial charge >= 0.3 is 0 Å². The second kappa shape index (κ2) is 6.69. The van der Waals surface area contributed by atoms with Crippen molar-refractivity contribution in [3.05, 3.63) is 11.8 Å². The fourth-order valence-corrected chi connectivity index (χ4v) is 4.02. The molecule has 1 fully saturated rings. The van der Waals surface area contributed by atoms with E-state index in [1.807, 2.05) is 0 Å². The van der Waals surface area contributed by atoms with Gasteiger partial charge in [0.25, 0.3) is 10.0 Å². The normalized spacial score (nSPS) is 23.9. The molecule has 114 valence electrons. The molecule has 0 radical (unpaired) electrons. The number of rotatable bonds is 6. The number of hydrogen-bond acceptors (Lipinski definition) is 4. The Morgan fingerprint density at radius 2 is 2.00 bits per heavy atom. The number of hydrogen-bond donors (Lipinski definition) is 3. The van der Waals surface area contributed by atoms with E-state index in [9.17, 15) is 8.42 Å². The second-order valence-corrected chi connectivity index (χ2v) is 7.23. The van der Waals surface area contributed by atoms with E-state index in [0.717, 1.165) is 18.8 Å². The van der Waals surface area contributed by atoms with Crippen LogP contribution in [0.3, 0.4) is 0 Å². The Morgan fingerprint density at radius 1 is 1.35 bits per heavy atom. The molecule has 1 aromatic rings. The molecule has 0 bridgehead atoms. The molecule has 0 amide bonds. The van der Waals surface area contributed by atoms with Crippen LogP contribution in [0.1, 0.15) is 44.6 Å². The van der Waals surface area contributed by atoms with Gasteiger partial charge in [0.15, 0.2) is 5.03 Å². The minimum Gasteiger partial charge on any atom is -0.392 e. The first kappa shape index (κ1) is 15.5. The molecule has 3 N–H and O–H groups in total. The molecule has 0 atom stereocenters. The first-order chi connectivity index (χ1) is 9.56. The van der Waals surface area contributed by atoms with Crippen LogP contribution in [0.4, 0.5) is 0 Å². The maximum absolute atomic E-state index is 12.1. The quantitative estimate of drug-likeness (QED) is 0.740. The summed E-state index contributed by atoms with van der Waals surface area (Å²) in [6, 6.07) is 0. The van der Waals surface area contributed by atoms with Crippen molar-refractivity contribution in [3.63, 3.8) is 0 Å². The van der Waals surface area contributed by atoms with Gasteiger partial charge in [-0.3, -0.25) is 5.10 Å². The average molecular weight is 301 g/mol. The van der Waals surface area contributed by atoms with Crippen LogP contribution in [-0.2, 0) is 16.6 Å². The van der Waals surface area contributed by atoms with Crippen molar-refractivity contribution in [2.75, 3.05) is 6.54 Å². The standard InChI is InChI=1S/C13H23N3O3S/c1-2-10-3-5-11(6-4-10)7-15-20(18,19)13-12(9-17)8-14-16-13/h8,10-11,15,17H,2-7,9H2,1H3,(H,14,16). The molecule has 20 heavy (non-hydrogen) atoms. The summed E-state index contributed by atoms with van der Waals surface area (Å²) in [7, 11) is -3.61. The fraction of sp³-hybridized carbons (Fsp3) is 0.769. The maximum atomic E-state index is 12.1. The van der Waals surface area contributed by atoms with Gasteiger partial charge in [-0.25, -0.2) is 13.1 Å². The van der Waals surface area contributed by atoms with Gasteiger partial charge in [-0.2, -0.15) is 5.10 Å². The number of nitrogens with zero attached hydrogens (tertiary/aromatic N) is 1. The number of aliphatic hydroxyl groups is 1. The first-order valence-corrected chi connectivity index (χ1v) is 8.68. The summed E-state index contributed by atoms with van der Waals surface area (Å²) >= 11 is 0. The summed E-state index contributed by atoms with van der Waals surface area (Å²) in [4.78, 5) is 0. The zero-order valence-electron chi connectivity index (χ0n) is 11.8. The minimum absolute atomic E-state index is 0.0257. The monoisotopic (exact) mass is 301 g/mol. The predicted octanol–water partition coefficient (Wildman–Crippen LogP) is 1.40. The van der Waals surface area contributed by atoms with Crippen LogP contribution < -0.4 is 4.72 Å². The van der Waals surface area contributed by atoms with Crippen LogP contribution in [0.2, 0.25) is 0 Å². The zero-order chi connectivity index (χ0) is 14.6. The fourth-order valence-electron chi connectivity index (χ4n) is 2.79. The Balaban J connectivity index is 1.90. The molecule has 0 saturated heterocycles. The van der Waals surface area contributed by atoms with Gasteiger partial charge in [-0.15, -0.1) is 0 Å². The number of H-pyrrole nitrogens is 1. The number of aliphatic hydroxyl groups excluding tert-OH is 1. The van der Waals surface area contributed by atoms with Gasteiger partial charge < -0.3 is 5.11 Å². The number of nitrogens with one attached hydrogen (secondary N) is 2. The molecule has 0 spiro atoms. The Morgan fingerprint density at radius 3 is 2.60 bits per heavy atom. The highest BCUT2D eigenvalue weighted by molar-refractivity contribution is 7.89. The zero-order valence-corrected chi connectivity index (χ0v) is 12.6. The van der Waals surface area contributed by atoms with Crippen LogP contribution >= 0.6 is 0 Å². The van der Waals surface area contributed by atoms with Crippen LogP contribution in [0.5, 0.6) is 0 Å². The molecule has 1 aliphatic carbocycles. The van der Waals surface area contributed by atoms with Crippen LogP contribution in [-0.4, -0.2) is 30.3 Å². The number of aromatic nitrogens is 2. The molecule has 1 aromatic heterocycles. The maximum Gasteiger partial charge on any atom is 0.257 e. The van der Waals surface area contributed by atoms with E-state index in [-0.39, 0.29) is 11.6 Å². The summed E-state index contributed by atoms with van der Waals surface area (Å²) in [6.07, 6.45) is 7.09. The SMILES string of the molecule is CCC1CCC(CNS(=O)(=O)c2[nH]ncc2CO)CC1. The van der Waals surface area contributed by atoms with Crippen molar-refractivity contribution in [2.45, 2.75) is 50.7 Å². The van der Waals surface area contributed by atoms with Crippen LogP contribution in [0, 0.1) is 11.8 Å². The van der Waals surface area contributed by atoms with Gasteiger partial charge in [-0.1, -0.05) is 26.2 Å². The average Bonchev–Trinajstić information content (AvgIpc) is 2.95. The topological polar surface area (TPSA) is 95.1 Å². The number of aromatic amines is 1. The van der Waals surface area contributed by atoms with E-state index in [1.54, 1.807) is 0 Å². The molecule has 1 aliphatic rings. The van der Waals surface area contributed by atoms with Gasteiger partial charge in [0, 0.05) is 12.1 Å². The lowest BCUT2D eigenvalue weighted by molar-refractivity contribution is 0.269. The highest BCUT2D eigenvalue weighted by Crippen LogP contribution is 2.30. The lowest BCUT2D eigenvalue weighted by Gasteiger charge is -2.27. The molecule has 2 rings (SSSR count). The van der Waals surface area contributed by atoms with E-state index in [4.69, 9.17) is 5.11 Å². The lowest BCUT2D eigenvalue weighted by Crippen LogP contribution is -2.32. The Hall–Kier alpha value is -0.920. The smallest absolute Gasteiger partial charge is 0.257 e. The largest absolute Gasteiger partial charge is 0.392 e. The van der Waals surface area contributed by atoms with Crippen LogP contribution in [0.15, 0.2) is 11.2 Å². The van der Waals surface area contributed by atoms with Gasteiger partial charge in [0.05, 0.1) is 12.8 Å². The molecular weight excluding hydrogens is 278 g/mol. The summed E-state index contributed by atoms with van der Waals surface area (Å²) in [5.74, 6) is 1.21. The molecular formula is C13H23N3O3S.